The molecule has 21 heavy (non-hydrogen) atoms. The molecule has 1 atom stereocenters. The molecule has 0 radical (unpaired) electrons. The van der Waals surface area contributed by atoms with Crippen LogP contribution in [0.1, 0.15) is 70.3 Å². The molecule has 0 spiro atoms. The van der Waals surface area contributed by atoms with Crippen molar-refractivity contribution in [3.8, 4) is 0 Å². The predicted molar refractivity (Wildman–Crippen MR) is 93.9 cm³/mol. The number of rotatable bonds is 13. The summed E-state index contributed by atoms with van der Waals surface area (Å²) in [5, 5.41) is 12.5. The van der Waals surface area contributed by atoms with Gasteiger partial charge in [0.25, 0.3) is 0 Å². The quantitative estimate of drug-likeness (QED) is 0.381. The third kappa shape index (κ3) is 11.0. The van der Waals surface area contributed by atoms with Crippen molar-refractivity contribution in [1.29, 1.82) is 0 Å². The minimum atomic E-state index is -0.0521. The van der Waals surface area contributed by atoms with Crippen LogP contribution in [-0.2, 0) is 5.32 Å². The zero-order valence-electron chi connectivity index (χ0n) is 13.6. The van der Waals surface area contributed by atoms with Gasteiger partial charge in [-0.3, -0.25) is 0 Å². The van der Waals surface area contributed by atoms with Crippen molar-refractivity contribution in [2.75, 3.05) is 0 Å². The van der Waals surface area contributed by atoms with Gasteiger partial charge in [0.15, 0.2) is 0 Å². The summed E-state index contributed by atoms with van der Waals surface area (Å²) in [4.78, 5) is 0. The van der Waals surface area contributed by atoms with Crippen LogP contribution in [0.15, 0.2) is 30.3 Å². The molecule has 0 aliphatic carbocycles. The summed E-state index contributed by atoms with van der Waals surface area (Å²) in [6, 6.07) is 10.8. The Morgan fingerprint density at radius 1 is 0.905 bits per heavy atom. The standard InChI is InChI=1S/C19H32OSe/c1-2-3-4-5-6-10-14-19(20)15-11-16-21-17-18-12-8-7-9-13-18/h7-9,12-13,19-20H,2-6,10-11,14-17H2,1H3. The molecule has 0 saturated heterocycles. The number of aliphatic hydroxyl groups excluding tert-OH is 1. The van der Waals surface area contributed by atoms with Gasteiger partial charge in [0, 0.05) is 0 Å². The molecular formula is C19H32OSe. The molecule has 1 rings (SSSR count). The monoisotopic (exact) mass is 356 g/mol. The van der Waals surface area contributed by atoms with Crippen molar-refractivity contribution >= 4 is 15.0 Å². The Kier molecular flexibility index (Phi) is 11.9. The number of hydrogen-bond acceptors (Lipinski definition) is 1. The second-order valence-electron chi connectivity index (χ2n) is 5.89. The molecule has 0 fully saturated rings. The van der Waals surface area contributed by atoms with Gasteiger partial charge in [0.2, 0.25) is 0 Å². The third-order valence-electron chi connectivity index (χ3n) is 3.83. The molecule has 1 unspecified atom stereocenters. The summed E-state index contributed by atoms with van der Waals surface area (Å²) >= 11 is 0.696. The first-order valence-corrected chi connectivity index (χ1v) is 11.0. The van der Waals surface area contributed by atoms with Gasteiger partial charge in [-0.15, -0.1) is 0 Å². The molecule has 120 valence electrons. The Hall–Kier alpha value is -0.301. The van der Waals surface area contributed by atoms with Crippen LogP contribution in [0.3, 0.4) is 0 Å². The van der Waals surface area contributed by atoms with Gasteiger partial charge in [-0.05, 0) is 0 Å². The Bertz CT molecular complexity index is 326. The third-order valence-corrected chi connectivity index (χ3v) is 6.17. The molecule has 2 heteroatoms. The van der Waals surface area contributed by atoms with E-state index in [9.17, 15) is 5.11 Å². The van der Waals surface area contributed by atoms with Gasteiger partial charge >= 0.3 is 137 Å². The molecule has 0 aromatic heterocycles. The molecule has 0 aliphatic heterocycles. The van der Waals surface area contributed by atoms with Crippen LogP contribution in [0.2, 0.25) is 5.32 Å². The molecule has 0 aliphatic rings. The van der Waals surface area contributed by atoms with E-state index in [0.29, 0.717) is 15.0 Å². The van der Waals surface area contributed by atoms with Gasteiger partial charge < -0.3 is 0 Å². The summed E-state index contributed by atoms with van der Waals surface area (Å²) in [5.74, 6) is 0. The second-order valence-corrected chi connectivity index (χ2v) is 8.21. The summed E-state index contributed by atoms with van der Waals surface area (Å²) < 4.78 is 0. The fraction of sp³-hybridized carbons (Fsp3) is 0.684. The van der Waals surface area contributed by atoms with Gasteiger partial charge in [-0.25, -0.2) is 0 Å². The van der Waals surface area contributed by atoms with E-state index in [1.807, 2.05) is 0 Å². The van der Waals surface area contributed by atoms with E-state index in [-0.39, 0.29) is 6.10 Å². The van der Waals surface area contributed by atoms with E-state index in [1.165, 1.54) is 61.1 Å². The fourth-order valence-corrected chi connectivity index (χ4v) is 4.47. The van der Waals surface area contributed by atoms with Crippen LogP contribution in [0, 0.1) is 0 Å². The van der Waals surface area contributed by atoms with Crippen LogP contribution < -0.4 is 0 Å². The number of benzene rings is 1. The first-order valence-electron chi connectivity index (χ1n) is 8.62. The fourth-order valence-electron chi connectivity index (χ4n) is 2.49. The topological polar surface area (TPSA) is 20.2 Å². The van der Waals surface area contributed by atoms with Crippen molar-refractivity contribution < 1.29 is 5.11 Å². The summed E-state index contributed by atoms with van der Waals surface area (Å²) in [6.07, 6.45) is 11.1. The van der Waals surface area contributed by atoms with Gasteiger partial charge in [-0.1, -0.05) is 0 Å². The summed E-state index contributed by atoms with van der Waals surface area (Å²) in [5.41, 5.74) is 1.46. The molecular weight excluding hydrogens is 323 g/mol. The average molecular weight is 355 g/mol. The molecule has 0 bridgehead atoms. The Balaban J connectivity index is 1.88. The molecule has 0 heterocycles. The van der Waals surface area contributed by atoms with Crippen molar-refractivity contribution in [2.45, 2.75) is 81.5 Å². The number of unbranched alkanes of at least 4 members (excludes halogenated alkanes) is 5. The normalized spacial score (nSPS) is 12.5. The number of aliphatic hydroxyl groups is 1. The maximum absolute atomic E-state index is 9.98. The van der Waals surface area contributed by atoms with Crippen LogP contribution in [-0.4, -0.2) is 26.2 Å². The summed E-state index contributed by atoms with van der Waals surface area (Å²) in [6.45, 7) is 2.25. The molecule has 1 nitrogen and oxygen atoms in total. The Labute approximate surface area is 137 Å². The number of hydrogen-bond donors (Lipinski definition) is 1. The molecule has 1 N–H and O–H groups in total. The van der Waals surface area contributed by atoms with Crippen molar-refractivity contribution in [3.05, 3.63) is 35.9 Å². The maximum atomic E-state index is 9.98. The van der Waals surface area contributed by atoms with Crippen molar-refractivity contribution in [2.24, 2.45) is 0 Å². The zero-order chi connectivity index (χ0) is 15.2. The van der Waals surface area contributed by atoms with Crippen LogP contribution in [0.5, 0.6) is 0 Å². The minimum absolute atomic E-state index is 0.0521. The summed E-state index contributed by atoms with van der Waals surface area (Å²) in [7, 11) is 0. The van der Waals surface area contributed by atoms with E-state index in [2.05, 4.69) is 37.3 Å². The Morgan fingerprint density at radius 2 is 1.57 bits per heavy atom. The average Bonchev–Trinajstić information content (AvgIpc) is 2.51. The Morgan fingerprint density at radius 3 is 2.33 bits per heavy atom. The van der Waals surface area contributed by atoms with Crippen molar-refractivity contribution in [1.82, 2.24) is 0 Å². The van der Waals surface area contributed by atoms with E-state index in [4.69, 9.17) is 0 Å². The van der Waals surface area contributed by atoms with Gasteiger partial charge in [-0.2, -0.15) is 0 Å². The molecule has 0 saturated carbocycles. The van der Waals surface area contributed by atoms with Crippen molar-refractivity contribution in [3.63, 3.8) is 0 Å². The van der Waals surface area contributed by atoms with E-state index >= 15 is 0 Å². The van der Waals surface area contributed by atoms with Gasteiger partial charge in [0.05, 0.1) is 0 Å². The van der Waals surface area contributed by atoms with E-state index in [0.717, 1.165) is 12.8 Å². The SMILES string of the molecule is CCCCCCCCC(O)CCC[Se]Cc1ccccc1. The second kappa shape index (κ2) is 13.4. The van der Waals surface area contributed by atoms with Crippen LogP contribution in [0.25, 0.3) is 0 Å². The predicted octanol–water partition coefficient (Wildman–Crippen LogP) is 5.20. The van der Waals surface area contributed by atoms with Crippen LogP contribution >= 0.6 is 0 Å². The van der Waals surface area contributed by atoms with Gasteiger partial charge in [0.1, 0.15) is 0 Å². The molecule has 1 aromatic rings. The van der Waals surface area contributed by atoms with Crippen LogP contribution in [0.4, 0.5) is 0 Å². The first-order chi connectivity index (χ1) is 10.3. The first kappa shape index (κ1) is 18.7. The van der Waals surface area contributed by atoms with E-state index in [1.54, 1.807) is 0 Å². The molecule has 0 amide bonds. The zero-order valence-corrected chi connectivity index (χ0v) is 15.3. The van der Waals surface area contributed by atoms with E-state index < -0.39 is 0 Å². The molecule has 1 aromatic carbocycles.